The van der Waals surface area contributed by atoms with Gasteiger partial charge in [0.1, 0.15) is 0 Å². The summed E-state index contributed by atoms with van der Waals surface area (Å²) in [4.78, 5) is 0. The zero-order valence-corrected chi connectivity index (χ0v) is 59.7. The smallest absolute Gasteiger partial charge is 0.0165 e. The van der Waals surface area contributed by atoms with Gasteiger partial charge in [-0.2, -0.15) is 0 Å². The summed E-state index contributed by atoms with van der Waals surface area (Å²) in [6.07, 6.45) is 0. The highest BCUT2D eigenvalue weighted by Gasteiger charge is 2.53. The number of hydrogen-bond acceptors (Lipinski definition) is 0. The highest BCUT2D eigenvalue weighted by Crippen LogP contribution is 2.69. The fourth-order valence-corrected chi connectivity index (χ4v) is 20.1. The van der Waals surface area contributed by atoms with Crippen LogP contribution in [0.4, 0.5) is 0 Å². The number of fused-ring (bicyclic) bond motifs is 30. The molecular formula is C105H72. The maximum absolute atomic E-state index is 2.65. The first-order chi connectivity index (χ1) is 51.3. The van der Waals surface area contributed by atoms with Crippen LogP contribution in [0, 0.1) is 0 Å². The Hall–Kier alpha value is -12.5. The molecule has 0 aliphatic heterocycles. The van der Waals surface area contributed by atoms with Crippen LogP contribution in [-0.2, 0) is 16.2 Å². The van der Waals surface area contributed by atoms with Gasteiger partial charge in [0.15, 0.2) is 0 Å². The van der Waals surface area contributed by atoms with Crippen molar-refractivity contribution in [1.82, 2.24) is 0 Å². The molecule has 0 unspecified atom stereocenters. The summed E-state index contributed by atoms with van der Waals surface area (Å²) in [6.45, 7) is 15.4. The predicted molar refractivity (Wildman–Crippen MR) is 449 cm³/mol. The van der Waals surface area contributed by atoms with Crippen LogP contribution in [0.15, 0.2) is 328 Å². The fraction of sp³-hybridized carbons (Fsp3) is 0.0857. The summed E-state index contributed by atoms with van der Waals surface area (Å²) in [6, 6.07) is 125. The second-order valence-electron chi connectivity index (χ2n) is 31.7. The van der Waals surface area contributed by atoms with E-state index in [0.29, 0.717) is 0 Å². The lowest BCUT2D eigenvalue weighted by atomic mass is 9.71. The lowest BCUT2D eigenvalue weighted by Crippen LogP contribution is -2.22. The van der Waals surface area contributed by atoms with Crippen molar-refractivity contribution in [3.05, 3.63) is 361 Å². The Kier molecular flexibility index (Phi) is 12.5. The van der Waals surface area contributed by atoms with E-state index in [1.54, 1.807) is 0 Å². The Balaban J connectivity index is 0.803. The molecule has 0 spiro atoms. The molecule has 0 aromatic heterocycles. The molecule has 3 aliphatic carbocycles. The maximum Gasteiger partial charge on any atom is 0.0165 e. The standard InChI is InChI=1S/C105H72/c1-103(2)94-58-88-79-46-43-70(67-34-22-31-64(49-67)61-25-10-7-11-26-61)52-82(79)73-37-16-19-40-76(73)85(88)55-91(94)97-100(103)98-92-56-86-77-41-20-17-38-74(77)83-53-71(68-35-23-32-65(50-68)62-27-12-8-13-28-62)44-47-80(83)89(86)59-95(92)104(3,4)102(98)99-93-57-87-78-42-21-18-39-75(78)84-54-72(69-36-24-33-66(51-69)63-29-14-9-15-30-63)45-48-81(84)90(87)60-96(93)105(5,6)101(97)99/h7-60H,1-6H3. The van der Waals surface area contributed by atoms with Crippen molar-refractivity contribution >= 4 is 97.0 Å². The highest BCUT2D eigenvalue weighted by molar-refractivity contribution is 6.30. The van der Waals surface area contributed by atoms with E-state index in [1.165, 1.54) is 230 Å². The molecule has 3 aliphatic rings. The van der Waals surface area contributed by atoms with Crippen LogP contribution < -0.4 is 0 Å². The number of benzene rings is 19. The van der Waals surface area contributed by atoms with Gasteiger partial charge in [0, 0.05) is 16.2 Å². The summed E-state index contributed by atoms with van der Waals surface area (Å²) in [5.74, 6) is 0. The average Bonchev–Trinajstić information content (AvgIpc) is 1.48. The Morgan fingerprint density at radius 3 is 0.590 bits per heavy atom. The Morgan fingerprint density at radius 1 is 0.143 bits per heavy atom. The minimum absolute atomic E-state index is 0.416. The quantitative estimate of drug-likeness (QED) is 0.146. The Bertz CT molecular complexity index is 6360. The van der Waals surface area contributed by atoms with Gasteiger partial charge in [0.25, 0.3) is 0 Å². The summed E-state index contributed by atoms with van der Waals surface area (Å²) in [7, 11) is 0. The van der Waals surface area contributed by atoms with Crippen molar-refractivity contribution in [1.29, 1.82) is 0 Å². The molecule has 19 aromatic carbocycles. The molecule has 0 heterocycles. The molecule has 19 aromatic rings. The van der Waals surface area contributed by atoms with Crippen molar-refractivity contribution in [3.8, 4) is 100 Å². The van der Waals surface area contributed by atoms with Gasteiger partial charge in [0.2, 0.25) is 0 Å². The molecule has 0 heteroatoms. The van der Waals surface area contributed by atoms with Gasteiger partial charge in [-0.3, -0.25) is 0 Å². The maximum atomic E-state index is 2.65. The normalized spacial score (nSPS) is 14.2. The molecule has 492 valence electrons. The molecule has 0 saturated carbocycles. The van der Waals surface area contributed by atoms with Crippen LogP contribution in [0.2, 0.25) is 0 Å². The molecule has 0 nitrogen and oxygen atoms in total. The van der Waals surface area contributed by atoms with E-state index >= 15 is 0 Å². The van der Waals surface area contributed by atoms with Crippen molar-refractivity contribution in [2.45, 2.75) is 57.8 Å². The largest absolute Gasteiger partial charge is 0.0622 e. The zero-order chi connectivity index (χ0) is 69.9. The predicted octanol–water partition coefficient (Wildman–Crippen LogP) is 29.0. The van der Waals surface area contributed by atoms with Crippen LogP contribution in [0.3, 0.4) is 0 Å². The van der Waals surface area contributed by atoms with Crippen molar-refractivity contribution in [3.63, 3.8) is 0 Å². The molecule has 0 radical (unpaired) electrons. The summed E-state index contributed by atoms with van der Waals surface area (Å²) in [5, 5.41) is 23.2. The van der Waals surface area contributed by atoms with E-state index in [-0.39, 0.29) is 0 Å². The topological polar surface area (TPSA) is 0 Å². The van der Waals surface area contributed by atoms with Gasteiger partial charge in [-0.15, -0.1) is 0 Å². The van der Waals surface area contributed by atoms with Crippen molar-refractivity contribution in [2.75, 3.05) is 0 Å². The van der Waals surface area contributed by atoms with E-state index in [9.17, 15) is 0 Å². The van der Waals surface area contributed by atoms with Gasteiger partial charge in [0.05, 0.1) is 0 Å². The molecule has 0 amide bonds. The lowest BCUT2D eigenvalue weighted by molar-refractivity contribution is 0.636. The first kappa shape index (κ1) is 60.1. The third kappa shape index (κ3) is 8.51. The molecule has 0 saturated heterocycles. The van der Waals surface area contributed by atoms with Gasteiger partial charge < -0.3 is 0 Å². The SMILES string of the molecule is CC1(C)c2cc3c4ccc(-c5cccc(-c6ccccc6)c5)cc4c4ccccc4c3cc2-c2c1c1c(c3c2C(C)(C)c2cc4c5ccc(-c6cccc(-c7ccccc7)c6)cc5c5ccccc5c4cc2-3)C(C)(C)c2cc3c4ccc(-c5cccc(-c6ccccc6)c5)cc4c4ccccc4c3cc2-1. The molecule has 105 heavy (non-hydrogen) atoms. The van der Waals surface area contributed by atoms with Crippen LogP contribution in [0.5, 0.6) is 0 Å². The third-order valence-electron chi connectivity index (χ3n) is 25.0. The van der Waals surface area contributed by atoms with Gasteiger partial charge in [-0.05, 0) is 303 Å². The van der Waals surface area contributed by atoms with Crippen molar-refractivity contribution < 1.29 is 0 Å². The van der Waals surface area contributed by atoms with Crippen LogP contribution in [0.25, 0.3) is 197 Å². The first-order valence-corrected chi connectivity index (χ1v) is 37.4. The third-order valence-corrected chi connectivity index (χ3v) is 25.0. The average molecular weight is 1330 g/mol. The van der Waals surface area contributed by atoms with E-state index < -0.39 is 16.2 Å². The van der Waals surface area contributed by atoms with Crippen LogP contribution in [-0.4, -0.2) is 0 Å². The van der Waals surface area contributed by atoms with Gasteiger partial charge in [-0.25, -0.2) is 0 Å². The molecule has 0 fully saturated rings. The molecule has 0 bridgehead atoms. The van der Waals surface area contributed by atoms with E-state index in [0.717, 1.165) is 0 Å². The van der Waals surface area contributed by atoms with E-state index in [2.05, 4.69) is 369 Å². The second kappa shape index (κ2) is 21.8. The minimum atomic E-state index is -0.416. The molecule has 22 rings (SSSR count). The first-order valence-electron chi connectivity index (χ1n) is 37.4. The Morgan fingerprint density at radius 2 is 0.333 bits per heavy atom. The minimum Gasteiger partial charge on any atom is -0.0622 e. The van der Waals surface area contributed by atoms with E-state index in [1.807, 2.05) is 0 Å². The van der Waals surface area contributed by atoms with Crippen LogP contribution in [0.1, 0.15) is 74.9 Å². The van der Waals surface area contributed by atoms with Gasteiger partial charge >= 0.3 is 0 Å². The van der Waals surface area contributed by atoms with Crippen molar-refractivity contribution in [2.24, 2.45) is 0 Å². The monoisotopic (exact) mass is 1330 g/mol. The summed E-state index contributed by atoms with van der Waals surface area (Å²) in [5.41, 5.74) is 30.3. The number of rotatable bonds is 6. The van der Waals surface area contributed by atoms with Gasteiger partial charge in [-0.1, -0.05) is 296 Å². The summed E-state index contributed by atoms with van der Waals surface area (Å²) < 4.78 is 0. The molecule has 0 atom stereocenters. The van der Waals surface area contributed by atoms with E-state index in [4.69, 9.17) is 0 Å². The highest BCUT2D eigenvalue weighted by atomic mass is 14.6. The molecule has 0 N–H and O–H groups in total. The Labute approximate surface area is 611 Å². The van der Waals surface area contributed by atoms with Crippen LogP contribution >= 0.6 is 0 Å². The zero-order valence-electron chi connectivity index (χ0n) is 59.7. The lowest BCUT2D eigenvalue weighted by Gasteiger charge is -2.31. The molecular weight excluding hydrogens is 1260 g/mol. The second-order valence-corrected chi connectivity index (χ2v) is 31.7. The fourth-order valence-electron chi connectivity index (χ4n) is 20.1. The number of hydrogen-bond donors (Lipinski definition) is 0. The summed E-state index contributed by atoms with van der Waals surface area (Å²) >= 11 is 0.